The Morgan fingerprint density at radius 1 is 1.22 bits per heavy atom. The smallest absolute Gasteiger partial charge is 0.166 e. The molecule has 0 atom stereocenters. The molecule has 0 aliphatic carbocycles. The Labute approximate surface area is 131 Å². The first-order valence-electron chi connectivity index (χ1n) is 7.07. The van der Waals surface area contributed by atoms with Gasteiger partial charge in [-0.1, -0.05) is 6.07 Å². The molecule has 0 unspecified atom stereocenters. The summed E-state index contributed by atoms with van der Waals surface area (Å²) in [6.07, 6.45) is 7.23. The van der Waals surface area contributed by atoms with Gasteiger partial charge >= 0.3 is 0 Å². The number of fused-ring (bicyclic) bond motifs is 5. The van der Waals surface area contributed by atoms with Crippen molar-refractivity contribution in [1.82, 2.24) is 24.3 Å². The lowest BCUT2D eigenvalue weighted by Crippen LogP contribution is -2.08. The van der Waals surface area contributed by atoms with Gasteiger partial charge in [-0.3, -0.25) is 4.57 Å². The number of terminal acetylenes is 1. The van der Waals surface area contributed by atoms with Crippen molar-refractivity contribution in [3.05, 3.63) is 47.3 Å². The minimum Gasteiger partial charge on any atom is -0.392 e. The summed E-state index contributed by atoms with van der Waals surface area (Å²) in [6.45, 7) is 0.128. The van der Waals surface area contributed by atoms with E-state index in [0.717, 1.165) is 22.5 Å². The molecule has 114 valence electrons. The van der Waals surface area contributed by atoms with Crippen molar-refractivity contribution in [2.45, 2.75) is 19.8 Å². The molecule has 0 fully saturated rings. The first-order valence-corrected chi connectivity index (χ1v) is 7.07. The molecule has 1 aromatic carbocycles. The van der Waals surface area contributed by atoms with Crippen molar-refractivity contribution < 1.29 is 10.2 Å². The minimum atomic E-state index is -0.221. The second-order valence-corrected chi connectivity index (χ2v) is 5.25. The number of hydrogen-bond donors (Lipinski definition) is 2. The summed E-state index contributed by atoms with van der Waals surface area (Å²) in [5.74, 6) is 3.68. The van der Waals surface area contributed by atoms with Crippen LogP contribution in [-0.2, 0) is 19.8 Å². The summed E-state index contributed by atoms with van der Waals surface area (Å²) in [5, 5.41) is 27.2. The zero-order chi connectivity index (χ0) is 16.0. The Balaban J connectivity index is 2.08. The van der Waals surface area contributed by atoms with Crippen LogP contribution < -0.4 is 0 Å². The quantitative estimate of drug-likeness (QED) is 0.525. The molecule has 2 aromatic heterocycles. The summed E-state index contributed by atoms with van der Waals surface area (Å²) >= 11 is 0. The van der Waals surface area contributed by atoms with Crippen LogP contribution in [0, 0.1) is 12.3 Å². The van der Waals surface area contributed by atoms with Crippen molar-refractivity contribution in [1.29, 1.82) is 0 Å². The van der Waals surface area contributed by atoms with Gasteiger partial charge in [0.2, 0.25) is 0 Å². The highest BCUT2D eigenvalue weighted by atomic mass is 16.3. The lowest BCUT2D eigenvalue weighted by molar-refractivity contribution is 0.265. The van der Waals surface area contributed by atoms with Crippen molar-refractivity contribution in [3.63, 3.8) is 0 Å². The maximum absolute atomic E-state index is 9.52. The average Bonchev–Trinajstić information content (AvgIpc) is 3.15. The Morgan fingerprint density at radius 3 is 2.83 bits per heavy atom. The third kappa shape index (κ3) is 1.90. The highest BCUT2D eigenvalue weighted by molar-refractivity contribution is 5.70. The zero-order valence-electron chi connectivity index (χ0n) is 12.1. The molecule has 3 heterocycles. The first-order chi connectivity index (χ1) is 11.3. The van der Waals surface area contributed by atoms with Gasteiger partial charge in [0.1, 0.15) is 18.6 Å². The summed E-state index contributed by atoms with van der Waals surface area (Å²) in [7, 11) is 0. The summed E-state index contributed by atoms with van der Waals surface area (Å²) < 4.78 is 3.74. The fourth-order valence-corrected chi connectivity index (χ4v) is 2.89. The Morgan fingerprint density at radius 2 is 2.09 bits per heavy atom. The normalized spacial score (nSPS) is 12.0. The second-order valence-electron chi connectivity index (χ2n) is 5.25. The third-order valence-corrected chi connectivity index (χ3v) is 4.02. The van der Waals surface area contributed by atoms with E-state index in [1.165, 1.54) is 0 Å². The lowest BCUT2D eigenvalue weighted by Gasteiger charge is -2.09. The molecule has 1 aliphatic rings. The van der Waals surface area contributed by atoms with Crippen LogP contribution in [-0.4, -0.2) is 34.5 Å². The van der Waals surface area contributed by atoms with E-state index in [1.54, 1.807) is 6.33 Å². The molecular formula is C16H13N5O2. The zero-order valence-corrected chi connectivity index (χ0v) is 12.1. The predicted octanol–water partition coefficient (Wildman–Crippen LogP) is 0.458. The SMILES string of the molecule is C#Cc1ncn2c1Cn1c(CO)nnc1-c1cc(CO)ccc1-2. The van der Waals surface area contributed by atoms with Crippen molar-refractivity contribution in [3.8, 4) is 29.4 Å². The molecular weight excluding hydrogens is 294 g/mol. The largest absolute Gasteiger partial charge is 0.392 e. The molecule has 0 amide bonds. The number of aliphatic hydroxyl groups is 2. The van der Waals surface area contributed by atoms with Crippen LogP contribution in [0.15, 0.2) is 24.5 Å². The Kier molecular flexibility index (Phi) is 3.01. The van der Waals surface area contributed by atoms with Crippen LogP contribution >= 0.6 is 0 Å². The number of imidazole rings is 1. The van der Waals surface area contributed by atoms with Gasteiger partial charge in [0, 0.05) is 5.56 Å². The molecule has 0 radical (unpaired) electrons. The third-order valence-electron chi connectivity index (χ3n) is 4.02. The molecule has 0 saturated heterocycles. The molecule has 0 bridgehead atoms. The van der Waals surface area contributed by atoms with E-state index in [4.69, 9.17) is 6.42 Å². The van der Waals surface area contributed by atoms with E-state index < -0.39 is 0 Å². The molecule has 2 N–H and O–H groups in total. The topological polar surface area (TPSA) is 89.0 Å². The summed E-state index contributed by atoms with van der Waals surface area (Å²) in [4.78, 5) is 4.27. The van der Waals surface area contributed by atoms with Gasteiger partial charge in [-0.2, -0.15) is 0 Å². The lowest BCUT2D eigenvalue weighted by atomic mass is 10.1. The maximum Gasteiger partial charge on any atom is 0.166 e. The molecule has 7 heteroatoms. The standard InChI is InChI=1S/C16H13N5O2/c1-2-12-14-6-20-15(8-23)18-19-16(20)11-5-10(7-22)3-4-13(11)21(14)9-17-12/h1,3-5,9,22-23H,6-8H2. The number of hydrogen-bond acceptors (Lipinski definition) is 5. The van der Waals surface area contributed by atoms with E-state index in [2.05, 4.69) is 21.1 Å². The number of nitrogens with zero attached hydrogens (tertiary/aromatic N) is 5. The van der Waals surface area contributed by atoms with E-state index >= 15 is 0 Å². The number of aromatic nitrogens is 5. The van der Waals surface area contributed by atoms with Crippen molar-refractivity contribution in [2.24, 2.45) is 0 Å². The molecule has 0 spiro atoms. The van der Waals surface area contributed by atoms with Crippen LogP contribution in [0.25, 0.3) is 17.1 Å². The fourth-order valence-electron chi connectivity index (χ4n) is 2.89. The monoisotopic (exact) mass is 307 g/mol. The molecule has 0 saturated carbocycles. The van der Waals surface area contributed by atoms with Gasteiger partial charge in [0.15, 0.2) is 11.6 Å². The Hall–Kier alpha value is -2.95. The highest BCUT2D eigenvalue weighted by Gasteiger charge is 2.25. The van der Waals surface area contributed by atoms with Crippen LogP contribution in [0.4, 0.5) is 0 Å². The predicted molar refractivity (Wildman–Crippen MR) is 81.5 cm³/mol. The van der Waals surface area contributed by atoms with Gasteiger partial charge in [-0.25, -0.2) is 4.98 Å². The number of benzene rings is 1. The van der Waals surface area contributed by atoms with Gasteiger partial charge < -0.3 is 14.8 Å². The second kappa shape index (κ2) is 5.05. The molecule has 1 aliphatic heterocycles. The van der Waals surface area contributed by atoms with Crippen molar-refractivity contribution >= 4 is 0 Å². The van der Waals surface area contributed by atoms with Gasteiger partial charge in [-0.15, -0.1) is 16.6 Å². The van der Waals surface area contributed by atoms with Crippen LogP contribution in [0.2, 0.25) is 0 Å². The van der Waals surface area contributed by atoms with E-state index in [-0.39, 0.29) is 13.2 Å². The molecule has 7 nitrogen and oxygen atoms in total. The first kappa shape index (κ1) is 13.7. The number of rotatable bonds is 2. The molecule has 23 heavy (non-hydrogen) atoms. The van der Waals surface area contributed by atoms with E-state index in [1.807, 2.05) is 27.3 Å². The fraction of sp³-hybridized carbons (Fsp3) is 0.188. The summed E-state index contributed by atoms with van der Waals surface area (Å²) in [5.41, 5.74) is 3.82. The average molecular weight is 307 g/mol. The maximum atomic E-state index is 9.52. The van der Waals surface area contributed by atoms with Crippen molar-refractivity contribution in [2.75, 3.05) is 0 Å². The van der Waals surface area contributed by atoms with E-state index in [9.17, 15) is 10.2 Å². The van der Waals surface area contributed by atoms with Crippen LogP contribution in [0.3, 0.4) is 0 Å². The van der Waals surface area contributed by atoms with Crippen LogP contribution in [0.5, 0.6) is 0 Å². The Bertz CT molecular complexity index is 948. The minimum absolute atomic E-state index is 0.0688. The van der Waals surface area contributed by atoms with Crippen LogP contribution in [0.1, 0.15) is 22.8 Å². The highest BCUT2D eigenvalue weighted by Crippen LogP contribution is 2.32. The van der Waals surface area contributed by atoms with E-state index in [0.29, 0.717) is 23.9 Å². The van der Waals surface area contributed by atoms with Gasteiger partial charge in [0.25, 0.3) is 0 Å². The molecule has 3 aromatic rings. The van der Waals surface area contributed by atoms with Gasteiger partial charge in [0.05, 0.1) is 24.5 Å². The molecule has 4 rings (SSSR count). The van der Waals surface area contributed by atoms with Gasteiger partial charge in [-0.05, 0) is 23.6 Å². The number of aliphatic hydroxyl groups excluding tert-OH is 2. The summed E-state index contributed by atoms with van der Waals surface area (Å²) in [6, 6.07) is 5.61.